The lowest BCUT2D eigenvalue weighted by Gasteiger charge is -2.21. The molecule has 0 bridgehead atoms. The molecule has 0 atom stereocenters. The molecule has 2 aromatic heterocycles. The van der Waals surface area contributed by atoms with Gasteiger partial charge in [0.2, 0.25) is 5.89 Å². The van der Waals surface area contributed by atoms with E-state index in [1.54, 1.807) is 19.3 Å². The van der Waals surface area contributed by atoms with Gasteiger partial charge in [-0.1, -0.05) is 6.07 Å². The van der Waals surface area contributed by atoms with E-state index in [0.29, 0.717) is 11.1 Å². The second kappa shape index (κ2) is 6.32. The molecule has 0 radical (unpaired) electrons. The van der Waals surface area contributed by atoms with Crippen molar-refractivity contribution < 1.29 is 26.7 Å². The SMILES string of the molecule is Cn1cc(C(C)(C)O)c(N2Cc3ccc(-c4nnc(C(F)F)o4)cc3S2(=O)=O)n1. The molecule has 1 aliphatic rings. The maximum absolute atomic E-state index is 13.2. The Hall–Kier alpha value is -2.86. The number of aromatic nitrogens is 4. The van der Waals surface area contributed by atoms with Gasteiger partial charge in [0, 0.05) is 24.4 Å². The molecule has 3 aromatic rings. The maximum atomic E-state index is 13.2. The van der Waals surface area contributed by atoms with Crippen LogP contribution >= 0.6 is 0 Å². The average molecular weight is 425 g/mol. The minimum atomic E-state index is -4.00. The summed E-state index contributed by atoms with van der Waals surface area (Å²) >= 11 is 0. The molecular formula is C17H17F2N5O4S. The summed E-state index contributed by atoms with van der Waals surface area (Å²) in [6, 6.07) is 4.39. The average Bonchev–Trinajstić information content (AvgIpc) is 3.30. The van der Waals surface area contributed by atoms with Gasteiger partial charge in [-0.3, -0.25) is 4.68 Å². The predicted molar refractivity (Wildman–Crippen MR) is 96.5 cm³/mol. The fourth-order valence-electron chi connectivity index (χ4n) is 3.14. The quantitative estimate of drug-likeness (QED) is 0.682. The number of aryl methyl sites for hydroxylation is 1. The third kappa shape index (κ3) is 3.17. The van der Waals surface area contributed by atoms with E-state index in [1.165, 1.54) is 30.7 Å². The molecule has 0 saturated carbocycles. The second-order valence-corrected chi connectivity index (χ2v) is 9.01. The fourth-order valence-corrected chi connectivity index (χ4v) is 4.79. The molecule has 9 nitrogen and oxygen atoms in total. The molecule has 154 valence electrons. The first-order valence-electron chi connectivity index (χ1n) is 8.52. The molecule has 1 aliphatic heterocycles. The number of sulfonamides is 1. The number of benzene rings is 1. The fraction of sp³-hybridized carbons (Fsp3) is 0.353. The van der Waals surface area contributed by atoms with E-state index in [1.807, 2.05) is 0 Å². The standard InChI is InChI=1S/C17H17F2N5O4S/c1-17(2,25)11-8-23(3)22-14(11)24-7-10-5-4-9(6-12(10)29(24,26)27)15-20-21-16(28-15)13(18)19/h4-6,8,13,25H,7H2,1-3H3. The summed E-state index contributed by atoms with van der Waals surface area (Å²) in [7, 11) is -2.37. The van der Waals surface area contributed by atoms with Crippen molar-refractivity contribution in [3.8, 4) is 11.5 Å². The lowest BCUT2D eigenvalue weighted by molar-refractivity contribution is 0.0791. The number of fused-ring (bicyclic) bond motifs is 1. The van der Waals surface area contributed by atoms with Gasteiger partial charge in [-0.15, -0.1) is 10.2 Å². The van der Waals surface area contributed by atoms with Crippen LogP contribution in [0, 0.1) is 0 Å². The Bertz CT molecular complexity index is 1200. The molecule has 0 spiro atoms. The van der Waals surface area contributed by atoms with Crippen LogP contribution in [0.2, 0.25) is 0 Å². The van der Waals surface area contributed by atoms with Gasteiger partial charge < -0.3 is 9.52 Å². The van der Waals surface area contributed by atoms with E-state index in [4.69, 9.17) is 4.42 Å². The summed E-state index contributed by atoms with van der Waals surface area (Å²) in [6.45, 7) is 3.10. The summed E-state index contributed by atoms with van der Waals surface area (Å²) in [6.07, 6.45) is -1.36. The Labute approximate surface area is 164 Å². The van der Waals surface area contributed by atoms with Crippen LogP contribution in [0.4, 0.5) is 14.6 Å². The molecule has 0 amide bonds. The summed E-state index contributed by atoms with van der Waals surface area (Å²) < 4.78 is 59.2. The van der Waals surface area contributed by atoms with Crippen LogP contribution < -0.4 is 4.31 Å². The van der Waals surface area contributed by atoms with Crippen LogP contribution in [0.5, 0.6) is 0 Å². The Morgan fingerprint density at radius 2 is 2.00 bits per heavy atom. The first kappa shape index (κ1) is 19.5. The van der Waals surface area contributed by atoms with Crippen molar-refractivity contribution in [1.29, 1.82) is 0 Å². The summed E-state index contributed by atoms with van der Waals surface area (Å²) in [5, 5.41) is 21.4. The van der Waals surface area contributed by atoms with E-state index < -0.39 is 27.9 Å². The van der Waals surface area contributed by atoms with Gasteiger partial charge >= 0.3 is 6.43 Å². The highest BCUT2D eigenvalue weighted by Crippen LogP contribution is 2.39. The van der Waals surface area contributed by atoms with Gasteiger partial charge in [0.1, 0.15) is 0 Å². The highest BCUT2D eigenvalue weighted by molar-refractivity contribution is 7.93. The number of rotatable bonds is 4. The Morgan fingerprint density at radius 3 is 2.62 bits per heavy atom. The van der Waals surface area contributed by atoms with Crippen molar-refractivity contribution in [2.45, 2.75) is 37.3 Å². The third-order valence-electron chi connectivity index (χ3n) is 4.53. The van der Waals surface area contributed by atoms with E-state index in [-0.39, 0.29) is 28.7 Å². The molecule has 4 rings (SSSR count). The van der Waals surface area contributed by atoms with Crippen LogP contribution in [-0.4, -0.2) is 33.5 Å². The molecule has 0 fully saturated rings. The van der Waals surface area contributed by atoms with E-state index >= 15 is 0 Å². The molecule has 29 heavy (non-hydrogen) atoms. The predicted octanol–water partition coefficient (Wildman–Crippen LogP) is 2.34. The number of nitrogens with zero attached hydrogens (tertiary/aromatic N) is 5. The summed E-state index contributed by atoms with van der Waals surface area (Å²) in [5.41, 5.74) is -0.254. The van der Waals surface area contributed by atoms with Gasteiger partial charge in [-0.05, 0) is 31.5 Å². The van der Waals surface area contributed by atoms with Crippen molar-refractivity contribution in [1.82, 2.24) is 20.0 Å². The number of hydrogen-bond acceptors (Lipinski definition) is 7. The first-order chi connectivity index (χ1) is 13.5. The number of halogens is 2. The van der Waals surface area contributed by atoms with E-state index in [0.717, 1.165) is 4.31 Å². The van der Waals surface area contributed by atoms with Crippen molar-refractivity contribution in [2.75, 3.05) is 4.31 Å². The van der Waals surface area contributed by atoms with Crippen LogP contribution in [0.1, 0.15) is 37.3 Å². The monoisotopic (exact) mass is 425 g/mol. The first-order valence-corrected chi connectivity index (χ1v) is 9.96. The zero-order valence-corrected chi connectivity index (χ0v) is 16.5. The van der Waals surface area contributed by atoms with Gasteiger partial charge in [-0.2, -0.15) is 13.9 Å². The summed E-state index contributed by atoms with van der Waals surface area (Å²) in [4.78, 5) is -0.0147. The minimum absolute atomic E-state index is 0.0147. The third-order valence-corrected chi connectivity index (χ3v) is 6.35. The van der Waals surface area contributed by atoms with Crippen LogP contribution in [0.15, 0.2) is 33.7 Å². The number of hydrogen-bond donors (Lipinski definition) is 1. The zero-order chi connectivity index (χ0) is 21.1. The van der Waals surface area contributed by atoms with Crippen LogP contribution in [-0.2, 0) is 29.2 Å². The number of alkyl halides is 2. The van der Waals surface area contributed by atoms with Gasteiger partial charge in [-0.25, -0.2) is 12.7 Å². The zero-order valence-electron chi connectivity index (χ0n) is 15.7. The molecule has 3 heterocycles. The largest absolute Gasteiger partial charge is 0.415 e. The highest BCUT2D eigenvalue weighted by Gasteiger charge is 2.40. The molecule has 1 N–H and O–H groups in total. The maximum Gasteiger partial charge on any atom is 0.314 e. The second-order valence-electron chi connectivity index (χ2n) is 7.18. The van der Waals surface area contributed by atoms with Gasteiger partial charge in [0.15, 0.2) is 5.82 Å². The molecule has 0 unspecified atom stereocenters. The minimum Gasteiger partial charge on any atom is -0.415 e. The van der Waals surface area contributed by atoms with Gasteiger partial charge in [0.05, 0.1) is 17.0 Å². The van der Waals surface area contributed by atoms with Crippen LogP contribution in [0.25, 0.3) is 11.5 Å². The number of anilines is 1. The van der Waals surface area contributed by atoms with Crippen molar-refractivity contribution in [2.24, 2.45) is 7.05 Å². The van der Waals surface area contributed by atoms with Crippen molar-refractivity contribution >= 4 is 15.8 Å². The lowest BCUT2D eigenvalue weighted by Crippen LogP contribution is -2.28. The molecule has 1 aromatic carbocycles. The molecule has 12 heteroatoms. The normalized spacial score (nSPS) is 15.9. The van der Waals surface area contributed by atoms with Crippen LogP contribution in [0.3, 0.4) is 0 Å². The van der Waals surface area contributed by atoms with E-state index in [2.05, 4.69) is 15.3 Å². The number of aliphatic hydroxyl groups is 1. The highest BCUT2D eigenvalue weighted by atomic mass is 32.2. The molecule has 0 saturated heterocycles. The summed E-state index contributed by atoms with van der Waals surface area (Å²) in [5.74, 6) is -0.921. The Balaban J connectivity index is 1.77. The Morgan fingerprint density at radius 1 is 1.28 bits per heavy atom. The van der Waals surface area contributed by atoms with E-state index in [9.17, 15) is 22.3 Å². The molecular weight excluding hydrogens is 408 g/mol. The Kier molecular flexibility index (Phi) is 4.24. The lowest BCUT2D eigenvalue weighted by atomic mass is 10.0. The topological polar surface area (TPSA) is 114 Å². The molecule has 0 aliphatic carbocycles. The van der Waals surface area contributed by atoms with Gasteiger partial charge in [0.25, 0.3) is 15.9 Å². The van der Waals surface area contributed by atoms with Crippen molar-refractivity contribution in [3.05, 3.63) is 41.4 Å². The smallest absolute Gasteiger partial charge is 0.314 e. The van der Waals surface area contributed by atoms with Crippen molar-refractivity contribution in [3.63, 3.8) is 0 Å².